The van der Waals surface area contributed by atoms with Gasteiger partial charge in [0.25, 0.3) is 0 Å². The molecular formula is C6H11ClO3. The zero-order chi connectivity index (χ0) is 7.28. The third kappa shape index (κ3) is 15.7. The van der Waals surface area contributed by atoms with E-state index in [0.29, 0.717) is 0 Å². The molecule has 1 fully saturated rings. The van der Waals surface area contributed by atoms with E-state index >= 15 is 0 Å². The van der Waals surface area contributed by atoms with Crippen LogP contribution in [0.15, 0.2) is 12.2 Å². The van der Waals surface area contributed by atoms with Gasteiger partial charge in [0.2, 0.25) is 0 Å². The molecule has 1 N–H and O–H groups in total. The number of carboxylic acid groups (broad SMARTS) is 1. The van der Waals surface area contributed by atoms with Crippen molar-refractivity contribution in [3.63, 3.8) is 0 Å². The Kier molecular flexibility index (Phi) is 8.00. The fourth-order valence-electron chi connectivity index (χ4n) is 0. The third-order valence-electron chi connectivity index (χ3n) is 0.569. The Labute approximate surface area is 66.1 Å². The number of halogens is 1. The van der Waals surface area contributed by atoms with Crippen molar-refractivity contribution in [2.45, 2.75) is 6.92 Å². The third-order valence-corrected chi connectivity index (χ3v) is 0.569. The molecule has 0 aromatic rings. The molecular weight excluding hydrogens is 156 g/mol. The van der Waals surface area contributed by atoms with E-state index in [9.17, 15) is 4.79 Å². The highest BCUT2D eigenvalue weighted by molar-refractivity contribution is 5.85. The van der Waals surface area contributed by atoms with Gasteiger partial charge in [0, 0.05) is 5.57 Å². The lowest BCUT2D eigenvalue weighted by Gasteiger charge is -1.79. The maximum atomic E-state index is 9.60. The topological polar surface area (TPSA) is 49.8 Å². The summed E-state index contributed by atoms with van der Waals surface area (Å²) in [5, 5.41) is 7.89. The van der Waals surface area contributed by atoms with Crippen LogP contribution in [0, 0.1) is 0 Å². The Hall–Kier alpha value is -0.540. The molecule has 0 aromatic carbocycles. The van der Waals surface area contributed by atoms with Crippen LogP contribution in [0.3, 0.4) is 0 Å². The van der Waals surface area contributed by atoms with Crippen molar-refractivity contribution in [3.05, 3.63) is 12.2 Å². The highest BCUT2D eigenvalue weighted by Gasteiger charge is 1.94. The van der Waals surface area contributed by atoms with Crippen LogP contribution >= 0.6 is 12.4 Å². The van der Waals surface area contributed by atoms with Gasteiger partial charge in [0.1, 0.15) is 0 Å². The van der Waals surface area contributed by atoms with E-state index < -0.39 is 5.97 Å². The van der Waals surface area contributed by atoms with Gasteiger partial charge in [-0.05, 0) is 6.92 Å². The second kappa shape index (κ2) is 6.58. The Balaban J connectivity index is 0. The molecule has 1 saturated heterocycles. The molecule has 10 heavy (non-hydrogen) atoms. The highest BCUT2D eigenvalue weighted by atomic mass is 35.5. The van der Waals surface area contributed by atoms with Gasteiger partial charge < -0.3 is 9.84 Å². The summed E-state index contributed by atoms with van der Waals surface area (Å²) < 4.78 is 4.50. The number of hydrogen-bond donors (Lipinski definition) is 1. The second-order valence-electron chi connectivity index (χ2n) is 1.70. The Morgan fingerprint density at radius 3 is 1.80 bits per heavy atom. The van der Waals surface area contributed by atoms with Crippen molar-refractivity contribution in [1.29, 1.82) is 0 Å². The molecule has 4 heteroatoms. The molecule has 0 spiro atoms. The summed E-state index contributed by atoms with van der Waals surface area (Å²) >= 11 is 0. The zero-order valence-electron chi connectivity index (χ0n) is 5.79. The number of rotatable bonds is 1. The van der Waals surface area contributed by atoms with E-state index in [0.717, 1.165) is 13.2 Å². The van der Waals surface area contributed by atoms with Gasteiger partial charge in [-0.25, -0.2) is 4.79 Å². The molecule has 0 saturated carbocycles. The van der Waals surface area contributed by atoms with E-state index in [-0.39, 0.29) is 18.0 Å². The molecule has 0 bridgehead atoms. The zero-order valence-corrected chi connectivity index (χ0v) is 6.61. The summed E-state index contributed by atoms with van der Waals surface area (Å²) in [6.07, 6.45) is 0. The van der Waals surface area contributed by atoms with E-state index in [4.69, 9.17) is 5.11 Å². The van der Waals surface area contributed by atoms with Crippen molar-refractivity contribution in [3.8, 4) is 0 Å². The molecule has 1 aliphatic heterocycles. The lowest BCUT2D eigenvalue weighted by atomic mass is 10.4. The first-order valence-electron chi connectivity index (χ1n) is 2.61. The van der Waals surface area contributed by atoms with Crippen LogP contribution in [0.4, 0.5) is 0 Å². The normalized spacial score (nSPS) is 11.7. The van der Waals surface area contributed by atoms with Crippen LogP contribution in [0.25, 0.3) is 0 Å². The smallest absolute Gasteiger partial charge is 0.330 e. The first-order chi connectivity index (χ1) is 4.14. The monoisotopic (exact) mass is 166 g/mol. The minimum absolute atomic E-state index is 0. The number of carboxylic acids is 1. The number of hydrogen-bond acceptors (Lipinski definition) is 2. The fraction of sp³-hybridized carbons (Fsp3) is 0.500. The number of carbonyl (C=O) groups is 1. The van der Waals surface area contributed by atoms with Gasteiger partial charge in [-0.2, -0.15) is 0 Å². The first kappa shape index (κ1) is 12.2. The summed E-state index contributed by atoms with van der Waals surface area (Å²) in [6, 6.07) is 0. The van der Waals surface area contributed by atoms with E-state index in [1.54, 1.807) is 0 Å². The molecule has 3 nitrogen and oxygen atoms in total. The van der Waals surface area contributed by atoms with Gasteiger partial charge in [-0.15, -0.1) is 12.4 Å². The van der Waals surface area contributed by atoms with Crippen LogP contribution < -0.4 is 0 Å². The van der Waals surface area contributed by atoms with Gasteiger partial charge >= 0.3 is 5.97 Å². The molecule has 0 unspecified atom stereocenters. The second-order valence-corrected chi connectivity index (χ2v) is 1.70. The summed E-state index contributed by atoms with van der Waals surface area (Å²) in [5.74, 6) is -0.935. The van der Waals surface area contributed by atoms with Crippen LogP contribution in [0.2, 0.25) is 0 Å². The molecule has 0 aliphatic carbocycles. The van der Waals surface area contributed by atoms with Crippen LogP contribution in [-0.2, 0) is 9.53 Å². The molecule has 0 radical (unpaired) electrons. The van der Waals surface area contributed by atoms with E-state index in [1.807, 2.05) is 0 Å². The predicted octanol–water partition coefficient (Wildman–Crippen LogP) is 1.09. The van der Waals surface area contributed by atoms with Gasteiger partial charge in [0.05, 0.1) is 13.2 Å². The number of aliphatic carboxylic acids is 1. The predicted molar refractivity (Wildman–Crippen MR) is 40.5 cm³/mol. The summed E-state index contributed by atoms with van der Waals surface area (Å²) in [7, 11) is 0. The fourth-order valence-corrected chi connectivity index (χ4v) is 0. The van der Waals surface area contributed by atoms with Crippen molar-refractivity contribution < 1.29 is 14.6 Å². The van der Waals surface area contributed by atoms with Crippen molar-refractivity contribution in [2.24, 2.45) is 0 Å². The Morgan fingerprint density at radius 2 is 1.80 bits per heavy atom. The Morgan fingerprint density at radius 1 is 1.60 bits per heavy atom. The van der Waals surface area contributed by atoms with Gasteiger partial charge in [-0.1, -0.05) is 6.58 Å². The molecule has 60 valence electrons. The lowest BCUT2D eigenvalue weighted by molar-refractivity contribution is -0.132. The minimum Gasteiger partial charge on any atom is -0.478 e. The first-order valence-corrected chi connectivity index (χ1v) is 2.61. The molecule has 1 aliphatic rings. The van der Waals surface area contributed by atoms with Crippen molar-refractivity contribution >= 4 is 18.4 Å². The largest absolute Gasteiger partial charge is 0.478 e. The molecule has 0 aromatic heterocycles. The molecule has 1 rings (SSSR count). The number of ether oxygens (including phenoxy) is 1. The average molecular weight is 167 g/mol. The summed E-state index contributed by atoms with van der Waals surface area (Å²) in [6.45, 7) is 6.60. The van der Waals surface area contributed by atoms with E-state index in [2.05, 4.69) is 11.3 Å². The van der Waals surface area contributed by atoms with Crippen molar-refractivity contribution in [2.75, 3.05) is 13.2 Å². The van der Waals surface area contributed by atoms with Crippen LogP contribution in [-0.4, -0.2) is 24.3 Å². The molecule has 0 amide bonds. The molecule has 1 heterocycles. The maximum absolute atomic E-state index is 9.60. The van der Waals surface area contributed by atoms with Gasteiger partial charge in [0.15, 0.2) is 0 Å². The minimum atomic E-state index is -0.935. The van der Waals surface area contributed by atoms with Crippen molar-refractivity contribution in [1.82, 2.24) is 0 Å². The number of epoxide rings is 1. The highest BCUT2D eigenvalue weighted by Crippen LogP contribution is 1.84. The Bertz CT molecular complexity index is 105. The van der Waals surface area contributed by atoms with Gasteiger partial charge in [-0.3, -0.25) is 0 Å². The average Bonchev–Trinajstić information content (AvgIpc) is 2.46. The standard InChI is InChI=1S/C4H6O2.C2H4O.ClH/c1-3(2)4(5)6;1-2-3-1;/h1H2,2H3,(H,5,6);1-2H2;1H. The summed E-state index contributed by atoms with van der Waals surface area (Å²) in [4.78, 5) is 9.60. The SMILES string of the molecule is C1CO1.C=C(C)C(=O)O.Cl. The summed E-state index contributed by atoms with van der Waals surface area (Å²) in [5.41, 5.74) is 0.176. The molecule has 0 atom stereocenters. The van der Waals surface area contributed by atoms with Crippen LogP contribution in [0.5, 0.6) is 0 Å². The quantitative estimate of drug-likeness (QED) is 0.469. The van der Waals surface area contributed by atoms with Crippen LogP contribution in [0.1, 0.15) is 6.92 Å². The van der Waals surface area contributed by atoms with E-state index in [1.165, 1.54) is 6.92 Å². The lowest BCUT2D eigenvalue weighted by Crippen LogP contribution is -1.92. The maximum Gasteiger partial charge on any atom is 0.330 e.